The molecule has 0 aliphatic heterocycles. The summed E-state index contributed by atoms with van der Waals surface area (Å²) in [6, 6.07) is 8.33. The van der Waals surface area contributed by atoms with Gasteiger partial charge in [0.1, 0.15) is 6.29 Å². The molecular formula is C14H16O. The van der Waals surface area contributed by atoms with E-state index >= 15 is 0 Å². The molecule has 15 heavy (non-hydrogen) atoms. The summed E-state index contributed by atoms with van der Waals surface area (Å²) < 4.78 is 0. The molecule has 1 heteroatoms. The highest BCUT2D eigenvalue weighted by Gasteiger charge is 1.95. The number of benzene rings is 1. The summed E-state index contributed by atoms with van der Waals surface area (Å²) in [6.07, 6.45) is 10.2. The van der Waals surface area contributed by atoms with Gasteiger partial charge in [-0.1, -0.05) is 55.8 Å². The highest BCUT2D eigenvalue weighted by atomic mass is 16.1. The molecule has 0 aliphatic carbocycles. The van der Waals surface area contributed by atoms with E-state index in [1.165, 1.54) is 17.2 Å². The minimum absolute atomic E-state index is 0.780. The summed E-state index contributed by atoms with van der Waals surface area (Å²) in [6.45, 7) is 2.17. The predicted octanol–water partition coefficient (Wildman–Crippen LogP) is 3.41. The maximum atomic E-state index is 10.1. The molecule has 0 bridgehead atoms. The molecule has 0 atom stereocenters. The van der Waals surface area contributed by atoms with E-state index in [-0.39, 0.29) is 0 Å². The Labute approximate surface area is 91.1 Å². The van der Waals surface area contributed by atoms with Crippen LogP contribution in [0.1, 0.15) is 24.5 Å². The van der Waals surface area contributed by atoms with Crippen molar-refractivity contribution in [3.63, 3.8) is 0 Å². The van der Waals surface area contributed by atoms with Crippen LogP contribution in [0.4, 0.5) is 0 Å². The van der Waals surface area contributed by atoms with Crippen molar-refractivity contribution in [1.82, 2.24) is 0 Å². The number of carbonyl (C=O) groups is 1. The van der Waals surface area contributed by atoms with E-state index < -0.39 is 0 Å². The second-order valence-corrected chi connectivity index (χ2v) is 3.33. The normalized spacial score (nSPS) is 11.3. The SMILES string of the molecule is CCCc1ccccc1C=CC=CC=O. The van der Waals surface area contributed by atoms with Crippen molar-refractivity contribution in [3.8, 4) is 0 Å². The van der Waals surface area contributed by atoms with Gasteiger partial charge in [-0.3, -0.25) is 4.79 Å². The summed E-state index contributed by atoms with van der Waals surface area (Å²) in [5.41, 5.74) is 2.59. The molecule has 0 aromatic heterocycles. The third-order valence-electron chi connectivity index (χ3n) is 2.15. The van der Waals surface area contributed by atoms with Crippen molar-refractivity contribution in [1.29, 1.82) is 0 Å². The zero-order valence-corrected chi connectivity index (χ0v) is 9.02. The number of aldehydes is 1. The zero-order valence-electron chi connectivity index (χ0n) is 9.02. The average molecular weight is 200 g/mol. The first-order chi connectivity index (χ1) is 7.38. The largest absolute Gasteiger partial charge is 0.299 e. The van der Waals surface area contributed by atoms with E-state index in [0.717, 1.165) is 19.1 Å². The van der Waals surface area contributed by atoms with Crippen LogP contribution >= 0.6 is 0 Å². The van der Waals surface area contributed by atoms with E-state index in [4.69, 9.17) is 0 Å². The number of aryl methyl sites for hydroxylation is 1. The first-order valence-electron chi connectivity index (χ1n) is 5.25. The Morgan fingerprint density at radius 3 is 2.67 bits per heavy atom. The van der Waals surface area contributed by atoms with Gasteiger partial charge in [0.15, 0.2) is 0 Å². The Hall–Kier alpha value is -1.63. The van der Waals surface area contributed by atoms with Crippen molar-refractivity contribution in [2.45, 2.75) is 19.8 Å². The van der Waals surface area contributed by atoms with Crippen LogP contribution in [0.25, 0.3) is 6.08 Å². The van der Waals surface area contributed by atoms with Gasteiger partial charge >= 0.3 is 0 Å². The number of carbonyl (C=O) groups excluding carboxylic acids is 1. The molecule has 1 aromatic carbocycles. The topological polar surface area (TPSA) is 17.1 Å². The van der Waals surface area contributed by atoms with Crippen LogP contribution in [0.5, 0.6) is 0 Å². The van der Waals surface area contributed by atoms with E-state index in [1.54, 1.807) is 6.08 Å². The van der Waals surface area contributed by atoms with Gasteiger partial charge in [-0.25, -0.2) is 0 Å². The van der Waals surface area contributed by atoms with Crippen LogP contribution in [0.2, 0.25) is 0 Å². The lowest BCUT2D eigenvalue weighted by molar-refractivity contribution is -0.104. The summed E-state index contributed by atoms with van der Waals surface area (Å²) in [7, 11) is 0. The molecule has 0 spiro atoms. The molecule has 0 heterocycles. The van der Waals surface area contributed by atoms with E-state index in [2.05, 4.69) is 25.1 Å². The van der Waals surface area contributed by atoms with Crippen LogP contribution in [-0.4, -0.2) is 6.29 Å². The van der Waals surface area contributed by atoms with Gasteiger partial charge in [0.2, 0.25) is 0 Å². The summed E-state index contributed by atoms with van der Waals surface area (Å²) in [5, 5.41) is 0. The van der Waals surface area contributed by atoms with Crippen LogP contribution in [-0.2, 0) is 11.2 Å². The summed E-state index contributed by atoms with van der Waals surface area (Å²) in [5.74, 6) is 0. The van der Waals surface area contributed by atoms with E-state index in [9.17, 15) is 4.79 Å². The number of hydrogen-bond donors (Lipinski definition) is 0. The third-order valence-corrected chi connectivity index (χ3v) is 2.15. The number of allylic oxidation sites excluding steroid dienone is 3. The lowest BCUT2D eigenvalue weighted by atomic mass is 10.0. The monoisotopic (exact) mass is 200 g/mol. The van der Waals surface area contributed by atoms with E-state index in [1.807, 2.05) is 18.2 Å². The van der Waals surface area contributed by atoms with Gasteiger partial charge in [-0.15, -0.1) is 0 Å². The fourth-order valence-corrected chi connectivity index (χ4v) is 1.46. The highest BCUT2D eigenvalue weighted by molar-refractivity contribution is 5.66. The molecule has 0 fully saturated rings. The van der Waals surface area contributed by atoms with Crippen LogP contribution in [0.15, 0.2) is 42.5 Å². The Bertz CT molecular complexity index is 361. The van der Waals surface area contributed by atoms with Crippen molar-refractivity contribution in [2.24, 2.45) is 0 Å². The van der Waals surface area contributed by atoms with Crippen LogP contribution < -0.4 is 0 Å². The molecule has 0 N–H and O–H groups in total. The summed E-state index contributed by atoms with van der Waals surface area (Å²) >= 11 is 0. The molecule has 78 valence electrons. The van der Waals surface area contributed by atoms with Gasteiger partial charge in [0, 0.05) is 0 Å². The Kier molecular flexibility index (Phi) is 5.16. The predicted molar refractivity (Wildman–Crippen MR) is 64.7 cm³/mol. The van der Waals surface area contributed by atoms with Crippen LogP contribution in [0, 0.1) is 0 Å². The van der Waals surface area contributed by atoms with Gasteiger partial charge < -0.3 is 0 Å². The maximum absolute atomic E-state index is 10.1. The van der Waals surface area contributed by atoms with E-state index in [0.29, 0.717) is 0 Å². The standard InChI is InChI=1S/C14H16O/c1-2-8-13-10-5-6-11-14(13)9-4-3-7-12-15/h3-7,9-12H,2,8H2,1H3. The lowest BCUT2D eigenvalue weighted by Gasteiger charge is -2.02. The van der Waals surface area contributed by atoms with Gasteiger partial charge in [-0.2, -0.15) is 0 Å². The Morgan fingerprint density at radius 2 is 1.93 bits per heavy atom. The molecular weight excluding hydrogens is 184 g/mol. The molecule has 0 amide bonds. The van der Waals surface area contributed by atoms with Gasteiger partial charge in [0.25, 0.3) is 0 Å². The molecule has 1 aromatic rings. The molecule has 0 radical (unpaired) electrons. The first kappa shape index (κ1) is 11.4. The Balaban J connectivity index is 2.78. The molecule has 1 nitrogen and oxygen atoms in total. The van der Waals surface area contributed by atoms with Crippen molar-refractivity contribution in [2.75, 3.05) is 0 Å². The number of hydrogen-bond acceptors (Lipinski definition) is 1. The fourth-order valence-electron chi connectivity index (χ4n) is 1.46. The van der Waals surface area contributed by atoms with Crippen LogP contribution in [0.3, 0.4) is 0 Å². The van der Waals surface area contributed by atoms with Crippen molar-refractivity contribution >= 4 is 12.4 Å². The van der Waals surface area contributed by atoms with Crippen molar-refractivity contribution in [3.05, 3.63) is 53.6 Å². The lowest BCUT2D eigenvalue weighted by Crippen LogP contribution is -1.86. The second-order valence-electron chi connectivity index (χ2n) is 3.33. The third kappa shape index (κ3) is 3.94. The highest BCUT2D eigenvalue weighted by Crippen LogP contribution is 2.12. The van der Waals surface area contributed by atoms with Gasteiger partial charge in [-0.05, 0) is 23.6 Å². The second kappa shape index (κ2) is 6.77. The maximum Gasteiger partial charge on any atom is 0.142 e. The smallest absolute Gasteiger partial charge is 0.142 e. The molecule has 0 saturated heterocycles. The quantitative estimate of drug-likeness (QED) is 0.404. The van der Waals surface area contributed by atoms with Crippen molar-refractivity contribution < 1.29 is 4.79 Å². The first-order valence-corrected chi connectivity index (χ1v) is 5.25. The summed E-state index contributed by atoms with van der Waals surface area (Å²) in [4.78, 5) is 10.1. The molecule has 1 rings (SSSR count). The average Bonchev–Trinajstić information content (AvgIpc) is 2.27. The Morgan fingerprint density at radius 1 is 1.13 bits per heavy atom. The minimum atomic E-state index is 0.780. The molecule has 0 aliphatic rings. The zero-order chi connectivity index (χ0) is 10.9. The fraction of sp³-hybridized carbons (Fsp3) is 0.214. The number of rotatable bonds is 5. The molecule has 0 unspecified atom stereocenters. The van der Waals surface area contributed by atoms with Gasteiger partial charge in [0.05, 0.1) is 0 Å². The minimum Gasteiger partial charge on any atom is -0.299 e. The molecule has 0 saturated carbocycles.